The summed E-state index contributed by atoms with van der Waals surface area (Å²) < 4.78 is 5.05. The molecule has 0 aliphatic carbocycles. The van der Waals surface area contributed by atoms with Crippen LogP contribution in [-0.4, -0.2) is 53.2 Å². The van der Waals surface area contributed by atoms with Gasteiger partial charge in [-0.2, -0.15) is 0 Å². The fourth-order valence-electron chi connectivity index (χ4n) is 3.95. The Bertz CT molecular complexity index is 791. The van der Waals surface area contributed by atoms with Crippen LogP contribution < -0.4 is 4.74 Å². The Hall–Kier alpha value is -1.63. The molecular formula is C21H23NO3S2. The van der Waals surface area contributed by atoms with E-state index in [1.807, 2.05) is 70.9 Å². The van der Waals surface area contributed by atoms with Crippen LogP contribution in [0.2, 0.25) is 0 Å². The van der Waals surface area contributed by atoms with Crippen molar-refractivity contribution in [2.45, 2.75) is 22.6 Å². The lowest BCUT2D eigenvalue weighted by molar-refractivity contribution is 0.0709. The molecule has 0 saturated carbocycles. The first-order chi connectivity index (χ1) is 13.1. The largest absolute Gasteiger partial charge is 0.497 e. The SMILES string of the molecule is COc1ccc(C2([C@H]3C[C@@H](O)CN3C(=O)c3ccccc3)SCCS2)cc1. The van der Waals surface area contributed by atoms with Crippen LogP contribution in [0.4, 0.5) is 0 Å². The van der Waals surface area contributed by atoms with Crippen LogP contribution in [0, 0.1) is 0 Å². The minimum atomic E-state index is -0.486. The molecule has 0 aromatic heterocycles. The fourth-order valence-corrected chi connectivity index (χ4v) is 7.49. The number of hydrogen-bond acceptors (Lipinski definition) is 5. The predicted molar refractivity (Wildman–Crippen MR) is 111 cm³/mol. The van der Waals surface area contributed by atoms with E-state index in [9.17, 15) is 9.90 Å². The molecule has 2 atom stereocenters. The van der Waals surface area contributed by atoms with E-state index in [4.69, 9.17) is 4.74 Å². The molecule has 2 aliphatic heterocycles. The Balaban J connectivity index is 1.71. The number of ether oxygens (including phenoxy) is 1. The van der Waals surface area contributed by atoms with E-state index in [0.717, 1.165) is 17.3 Å². The highest BCUT2D eigenvalue weighted by Crippen LogP contribution is 2.57. The third-order valence-electron chi connectivity index (χ3n) is 5.21. The monoisotopic (exact) mass is 401 g/mol. The lowest BCUT2D eigenvalue weighted by atomic mass is 10.0. The zero-order valence-corrected chi connectivity index (χ0v) is 16.8. The Morgan fingerprint density at radius 1 is 1.11 bits per heavy atom. The van der Waals surface area contributed by atoms with Crippen molar-refractivity contribution >= 4 is 29.4 Å². The topological polar surface area (TPSA) is 49.8 Å². The van der Waals surface area contributed by atoms with Crippen molar-refractivity contribution in [1.29, 1.82) is 0 Å². The molecule has 1 amide bonds. The number of likely N-dealkylation sites (tertiary alicyclic amines) is 1. The number of hydrogen-bond donors (Lipinski definition) is 1. The molecule has 0 bridgehead atoms. The summed E-state index contributed by atoms with van der Waals surface area (Å²) in [6, 6.07) is 17.5. The number of nitrogens with zero attached hydrogens (tertiary/aromatic N) is 1. The van der Waals surface area contributed by atoms with Crippen molar-refractivity contribution in [2.24, 2.45) is 0 Å². The second kappa shape index (κ2) is 7.78. The van der Waals surface area contributed by atoms with Gasteiger partial charge in [-0.15, -0.1) is 23.5 Å². The van der Waals surface area contributed by atoms with Gasteiger partial charge in [0.15, 0.2) is 0 Å². The molecule has 4 nitrogen and oxygen atoms in total. The van der Waals surface area contributed by atoms with E-state index < -0.39 is 6.10 Å². The lowest BCUT2D eigenvalue weighted by Crippen LogP contribution is -2.45. The molecule has 0 radical (unpaired) electrons. The van der Waals surface area contributed by atoms with Crippen molar-refractivity contribution in [3.8, 4) is 5.75 Å². The van der Waals surface area contributed by atoms with E-state index >= 15 is 0 Å². The van der Waals surface area contributed by atoms with Crippen LogP contribution in [-0.2, 0) is 4.08 Å². The highest BCUT2D eigenvalue weighted by atomic mass is 32.2. The van der Waals surface area contributed by atoms with E-state index in [0.29, 0.717) is 18.5 Å². The molecule has 0 spiro atoms. The van der Waals surface area contributed by atoms with Gasteiger partial charge in [0.2, 0.25) is 0 Å². The maximum absolute atomic E-state index is 13.2. The maximum Gasteiger partial charge on any atom is 0.254 e. The van der Waals surface area contributed by atoms with Crippen LogP contribution in [0.3, 0.4) is 0 Å². The number of methoxy groups -OCH3 is 1. The summed E-state index contributed by atoms with van der Waals surface area (Å²) >= 11 is 3.78. The number of benzene rings is 2. The molecule has 27 heavy (non-hydrogen) atoms. The van der Waals surface area contributed by atoms with Crippen molar-refractivity contribution in [2.75, 3.05) is 25.2 Å². The fraction of sp³-hybridized carbons (Fsp3) is 0.381. The van der Waals surface area contributed by atoms with Crippen molar-refractivity contribution < 1.29 is 14.6 Å². The number of thioether (sulfide) groups is 2. The second-order valence-corrected chi connectivity index (χ2v) is 9.76. The average Bonchev–Trinajstić information content (AvgIpc) is 3.36. The summed E-state index contributed by atoms with van der Waals surface area (Å²) in [5, 5.41) is 10.4. The summed E-state index contributed by atoms with van der Waals surface area (Å²) in [6.07, 6.45) is 0.115. The molecule has 2 heterocycles. The zero-order valence-electron chi connectivity index (χ0n) is 15.2. The summed E-state index contributed by atoms with van der Waals surface area (Å²) in [4.78, 5) is 15.1. The maximum atomic E-state index is 13.2. The molecule has 142 valence electrons. The van der Waals surface area contributed by atoms with Gasteiger partial charge < -0.3 is 14.7 Å². The molecule has 6 heteroatoms. The Labute approximate surface area is 168 Å². The number of carbonyl (C=O) groups excluding carboxylic acids is 1. The van der Waals surface area contributed by atoms with Gasteiger partial charge in [-0.1, -0.05) is 30.3 Å². The number of aliphatic hydroxyl groups is 1. The summed E-state index contributed by atoms with van der Waals surface area (Å²) in [5.74, 6) is 2.90. The van der Waals surface area contributed by atoms with Crippen LogP contribution in [0.25, 0.3) is 0 Å². The third-order valence-corrected chi connectivity index (χ3v) is 8.86. The number of β-amino-alcohol motifs (C(OH)–C–C–N with tert-alkyl or cyclic N) is 1. The lowest BCUT2D eigenvalue weighted by Gasteiger charge is -2.39. The molecular weight excluding hydrogens is 378 g/mol. The van der Waals surface area contributed by atoms with Crippen molar-refractivity contribution in [1.82, 2.24) is 4.90 Å². The minimum Gasteiger partial charge on any atom is -0.497 e. The van der Waals surface area contributed by atoms with E-state index in [1.54, 1.807) is 7.11 Å². The van der Waals surface area contributed by atoms with Gasteiger partial charge in [-0.25, -0.2) is 0 Å². The molecule has 1 N–H and O–H groups in total. The molecule has 2 aromatic rings. The summed E-state index contributed by atoms with van der Waals surface area (Å²) in [5.41, 5.74) is 1.86. The van der Waals surface area contributed by atoms with Crippen LogP contribution in [0.1, 0.15) is 22.3 Å². The van der Waals surface area contributed by atoms with E-state index in [2.05, 4.69) is 12.1 Å². The minimum absolute atomic E-state index is 0.00173. The summed E-state index contributed by atoms with van der Waals surface area (Å²) in [6.45, 7) is 0.386. The zero-order chi connectivity index (χ0) is 18.9. The van der Waals surface area contributed by atoms with Gasteiger partial charge >= 0.3 is 0 Å². The summed E-state index contributed by atoms with van der Waals surface area (Å²) in [7, 11) is 1.66. The van der Waals surface area contributed by atoms with Gasteiger partial charge in [0, 0.05) is 23.6 Å². The number of rotatable bonds is 4. The first-order valence-electron chi connectivity index (χ1n) is 9.10. The Morgan fingerprint density at radius 3 is 2.41 bits per heavy atom. The van der Waals surface area contributed by atoms with E-state index in [1.165, 1.54) is 5.56 Å². The number of carbonyl (C=O) groups is 1. The van der Waals surface area contributed by atoms with Gasteiger partial charge in [0.25, 0.3) is 5.91 Å². The van der Waals surface area contributed by atoms with E-state index in [-0.39, 0.29) is 16.0 Å². The Kier molecular flexibility index (Phi) is 5.39. The molecule has 2 saturated heterocycles. The van der Waals surface area contributed by atoms with Crippen LogP contribution in [0.15, 0.2) is 54.6 Å². The van der Waals surface area contributed by atoms with Gasteiger partial charge in [-0.3, -0.25) is 4.79 Å². The molecule has 0 unspecified atom stereocenters. The highest BCUT2D eigenvalue weighted by Gasteiger charge is 2.52. The quantitative estimate of drug-likeness (QED) is 0.848. The molecule has 2 aliphatic rings. The van der Waals surface area contributed by atoms with Crippen LogP contribution in [0.5, 0.6) is 5.75 Å². The molecule has 2 fully saturated rings. The third kappa shape index (κ3) is 3.46. The predicted octanol–water partition coefficient (Wildman–Crippen LogP) is 3.60. The number of aliphatic hydroxyl groups excluding tert-OH is 1. The average molecular weight is 402 g/mol. The first-order valence-corrected chi connectivity index (χ1v) is 11.1. The Morgan fingerprint density at radius 2 is 1.78 bits per heavy atom. The highest BCUT2D eigenvalue weighted by molar-refractivity contribution is 8.20. The number of amides is 1. The van der Waals surface area contributed by atoms with Crippen molar-refractivity contribution in [3.63, 3.8) is 0 Å². The molecule has 2 aromatic carbocycles. The van der Waals surface area contributed by atoms with Gasteiger partial charge in [0.1, 0.15) is 9.83 Å². The van der Waals surface area contributed by atoms with Gasteiger partial charge in [0.05, 0.1) is 19.3 Å². The van der Waals surface area contributed by atoms with Crippen molar-refractivity contribution in [3.05, 3.63) is 65.7 Å². The smallest absolute Gasteiger partial charge is 0.254 e. The normalized spacial score (nSPS) is 24.1. The molecule has 4 rings (SSSR count). The van der Waals surface area contributed by atoms with Crippen LogP contribution >= 0.6 is 23.5 Å². The standard InChI is InChI=1S/C21H23NO3S2/c1-25-18-9-7-16(8-10-18)21(26-11-12-27-21)19-13-17(23)14-22(19)20(24)15-5-3-2-4-6-15/h2-10,17,19,23H,11-14H2,1H3/t17-,19-/m1/s1. The van der Waals surface area contributed by atoms with Gasteiger partial charge in [-0.05, 0) is 36.2 Å². The second-order valence-electron chi connectivity index (χ2n) is 6.82. The first kappa shape index (κ1) is 18.7.